The van der Waals surface area contributed by atoms with E-state index in [1.54, 1.807) is 0 Å². The predicted octanol–water partition coefficient (Wildman–Crippen LogP) is 2.53. The number of piperazine rings is 1. The van der Waals surface area contributed by atoms with Gasteiger partial charge in [-0.1, -0.05) is 36.4 Å². The van der Waals surface area contributed by atoms with Crippen LogP contribution in [0.25, 0.3) is 10.9 Å². The first kappa shape index (κ1) is 15.0. The van der Waals surface area contributed by atoms with Gasteiger partial charge < -0.3 is 15.2 Å². The van der Waals surface area contributed by atoms with E-state index in [2.05, 4.69) is 45.5 Å². The quantitative estimate of drug-likeness (QED) is 0.780. The zero-order valence-corrected chi connectivity index (χ0v) is 13.6. The van der Waals surface area contributed by atoms with Crippen LogP contribution in [0, 0.1) is 0 Å². The molecule has 1 aromatic heterocycles. The lowest BCUT2D eigenvalue weighted by molar-refractivity contribution is 0.589. The fourth-order valence-corrected chi connectivity index (χ4v) is 3.30. The Kier molecular flexibility index (Phi) is 4.05. The number of fused-ring (bicyclic) bond motifs is 1. The number of aromatic nitrogens is 1. The number of rotatable bonds is 3. The van der Waals surface area contributed by atoms with Crippen molar-refractivity contribution in [2.75, 3.05) is 31.1 Å². The van der Waals surface area contributed by atoms with Gasteiger partial charge in [0.05, 0.1) is 5.52 Å². The highest BCUT2D eigenvalue weighted by atomic mass is 16.1. The monoisotopic (exact) mass is 319 g/mol. The molecule has 2 N–H and O–H groups in total. The number of H-pyrrole nitrogens is 1. The van der Waals surface area contributed by atoms with Crippen LogP contribution in [0.3, 0.4) is 0 Å². The van der Waals surface area contributed by atoms with E-state index in [9.17, 15) is 4.79 Å². The van der Waals surface area contributed by atoms with E-state index < -0.39 is 0 Å². The molecule has 4 rings (SSSR count). The van der Waals surface area contributed by atoms with E-state index in [-0.39, 0.29) is 5.56 Å². The van der Waals surface area contributed by atoms with Crippen LogP contribution >= 0.6 is 0 Å². The standard InChI is InChI=1S/C20H21N3O/c24-20-17(12-15-4-2-1-3-5-15)13-16-6-7-18(14-19(16)22-20)23-10-8-21-9-11-23/h1-7,13-14,21H,8-12H2,(H,22,24). The average Bonchev–Trinajstić information content (AvgIpc) is 2.63. The van der Waals surface area contributed by atoms with Crippen molar-refractivity contribution in [1.82, 2.24) is 10.3 Å². The minimum atomic E-state index is 0.00353. The van der Waals surface area contributed by atoms with Crippen LogP contribution in [0.15, 0.2) is 59.4 Å². The lowest BCUT2D eigenvalue weighted by Gasteiger charge is -2.29. The number of hydrogen-bond acceptors (Lipinski definition) is 3. The highest BCUT2D eigenvalue weighted by Gasteiger charge is 2.11. The lowest BCUT2D eigenvalue weighted by atomic mass is 10.0. The van der Waals surface area contributed by atoms with Crippen LogP contribution in [-0.4, -0.2) is 31.2 Å². The molecule has 3 aromatic rings. The Labute approximate surface area is 141 Å². The molecule has 0 bridgehead atoms. The van der Waals surface area contributed by atoms with Gasteiger partial charge in [-0.15, -0.1) is 0 Å². The molecule has 0 spiro atoms. The van der Waals surface area contributed by atoms with Gasteiger partial charge in [0.25, 0.3) is 5.56 Å². The largest absolute Gasteiger partial charge is 0.369 e. The second-order valence-electron chi connectivity index (χ2n) is 6.29. The maximum Gasteiger partial charge on any atom is 0.251 e. The summed E-state index contributed by atoms with van der Waals surface area (Å²) in [6.45, 7) is 4.01. The van der Waals surface area contributed by atoms with E-state index in [0.717, 1.165) is 48.2 Å². The smallest absolute Gasteiger partial charge is 0.251 e. The minimum Gasteiger partial charge on any atom is -0.369 e. The summed E-state index contributed by atoms with van der Waals surface area (Å²) in [6.07, 6.45) is 0.658. The van der Waals surface area contributed by atoms with Crippen LogP contribution < -0.4 is 15.8 Å². The zero-order chi connectivity index (χ0) is 16.4. The van der Waals surface area contributed by atoms with E-state index in [0.29, 0.717) is 6.42 Å². The number of nitrogens with one attached hydrogen (secondary N) is 2. The van der Waals surface area contributed by atoms with E-state index in [4.69, 9.17) is 0 Å². The van der Waals surface area contributed by atoms with E-state index in [1.165, 1.54) is 5.69 Å². The molecular weight excluding hydrogens is 298 g/mol. The molecule has 0 radical (unpaired) electrons. The molecule has 1 aliphatic rings. The molecule has 2 heterocycles. The first-order valence-corrected chi connectivity index (χ1v) is 8.45. The Morgan fingerprint density at radius 1 is 0.958 bits per heavy atom. The molecule has 122 valence electrons. The summed E-state index contributed by atoms with van der Waals surface area (Å²) in [5.74, 6) is 0. The van der Waals surface area contributed by atoms with Gasteiger partial charge in [-0.2, -0.15) is 0 Å². The van der Waals surface area contributed by atoms with Crippen LogP contribution in [0.5, 0.6) is 0 Å². The highest BCUT2D eigenvalue weighted by molar-refractivity contribution is 5.83. The maximum atomic E-state index is 12.4. The minimum absolute atomic E-state index is 0.00353. The third-order valence-corrected chi connectivity index (χ3v) is 4.63. The van der Waals surface area contributed by atoms with E-state index in [1.807, 2.05) is 24.3 Å². The second-order valence-corrected chi connectivity index (χ2v) is 6.29. The first-order valence-electron chi connectivity index (χ1n) is 8.45. The van der Waals surface area contributed by atoms with Crippen molar-refractivity contribution in [3.05, 3.63) is 76.1 Å². The third kappa shape index (κ3) is 3.05. The van der Waals surface area contributed by atoms with Crippen molar-refractivity contribution in [2.24, 2.45) is 0 Å². The van der Waals surface area contributed by atoms with Crippen LogP contribution in [-0.2, 0) is 6.42 Å². The summed E-state index contributed by atoms with van der Waals surface area (Å²) in [5.41, 5.74) is 4.05. The van der Waals surface area contributed by atoms with Crippen molar-refractivity contribution >= 4 is 16.6 Å². The van der Waals surface area contributed by atoms with Crippen molar-refractivity contribution in [3.63, 3.8) is 0 Å². The topological polar surface area (TPSA) is 48.1 Å². The number of nitrogens with zero attached hydrogens (tertiary/aromatic N) is 1. The van der Waals surface area contributed by atoms with Crippen molar-refractivity contribution in [2.45, 2.75) is 6.42 Å². The Hall–Kier alpha value is -2.59. The molecular formula is C20H21N3O. The molecule has 4 nitrogen and oxygen atoms in total. The molecule has 0 aliphatic carbocycles. The maximum absolute atomic E-state index is 12.4. The average molecular weight is 319 g/mol. The van der Waals surface area contributed by atoms with Crippen LogP contribution in [0.2, 0.25) is 0 Å². The summed E-state index contributed by atoms with van der Waals surface area (Å²) in [5, 5.41) is 4.44. The van der Waals surface area contributed by atoms with Gasteiger partial charge in [0, 0.05) is 43.9 Å². The number of aromatic amines is 1. The van der Waals surface area contributed by atoms with Crippen molar-refractivity contribution in [1.29, 1.82) is 0 Å². The predicted molar refractivity (Wildman–Crippen MR) is 98.9 cm³/mol. The summed E-state index contributed by atoms with van der Waals surface area (Å²) in [6, 6.07) is 18.5. The van der Waals surface area contributed by atoms with Gasteiger partial charge in [-0.3, -0.25) is 4.79 Å². The van der Waals surface area contributed by atoms with Crippen molar-refractivity contribution < 1.29 is 0 Å². The Morgan fingerprint density at radius 3 is 2.54 bits per heavy atom. The molecule has 0 atom stereocenters. The highest BCUT2D eigenvalue weighted by Crippen LogP contribution is 2.21. The molecule has 2 aromatic carbocycles. The van der Waals surface area contributed by atoms with Gasteiger partial charge in [-0.05, 0) is 29.1 Å². The summed E-state index contributed by atoms with van der Waals surface area (Å²) in [7, 11) is 0. The van der Waals surface area contributed by atoms with Gasteiger partial charge in [0.1, 0.15) is 0 Å². The number of pyridine rings is 1. The van der Waals surface area contributed by atoms with Crippen molar-refractivity contribution in [3.8, 4) is 0 Å². The van der Waals surface area contributed by atoms with Crippen LogP contribution in [0.1, 0.15) is 11.1 Å². The number of anilines is 1. The molecule has 1 saturated heterocycles. The fourth-order valence-electron chi connectivity index (χ4n) is 3.30. The van der Waals surface area contributed by atoms with Gasteiger partial charge in [0.2, 0.25) is 0 Å². The normalized spacial score (nSPS) is 14.9. The van der Waals surface area contributed by atoms with Gasteiger partial charge in [0.15, 0.2) is 0 Å². The van der Waals surface area contributed by atoms with Gasteiger partial charge in [-0.25, -0.2) is 0 Å². The molecule has 4 heteroatoms. The molecule has 1 fully saturated rings. The molecule has 1 aliphatic heterocycles. The SMILES string of the molecule is O=c1[nH]c2cc(N3CCNCC3)ccc2cc1Cc1ccccc1. The molecule has 0 saturated carbocycles. The Balaban J connectivity index is 1.67. The Bertz CT molecular complexity index is 896. The number of benzene rings is 2. The Morgan fingerprint density at radius 2 is 1.75 bits per heavy atom. The molecule has 0 amide bonds. The second kappa shape index (κ2) is 6.49. The summed E-state index contributed by atoms with van der Waals surface area (Å²) < 4.78 is 0. The number of hydrogen-bond donors (Lipinski definition) is 2. The first-order chi connectivity index (χ1) is 11.8. The summed E-state index contributed by atoms with van der Waals surface area (Å²) in [4.78, 5) is 17.9. The van der Waals surface area contributed by atoms with Crippen LogP contribution in [0.4, 0.5) is 5.69 Å². The van der Waals surface area contributed by atoms with E-state index >= 15 is 0 Å². The third-order valence-electron chi connectivity index (χ3n) is 4.63. The van der Waals surface area contributed by atoms with Gasteiger partial charge >= 0.3 is 0 Å². The fraction of sp³-hybridized carbons (Fsp3) is 0.250. The zero-order valence-electron chi connectivity index (χ0n) is 13.6. The molecule has 0 unspecified atom stereocenters. The lowest BCUT2D eigenvalue weighted by Crippen LogP contribution is -2.43. The molecule has 24 heavy (non-hydrogen) atoms. The summed E-state index contributed by atoms with van der Waals surface area (Å²) >= 11 is 0.